The average molecular weight is 272 g/mol. The minimum absolute atomic E-state index is 0.596. The van der Waals surface area contributed by atoms with Crippen LogP contribution in [0.4, 0.5) is 5.82 Å². The van der Waals surface area contributed by atoms with E-state index in [9.17, 15) is 0 Å². The molecule has 5 heteroatoms. The maximum atomic E-state index is 5.55. The van der Waals surface area contributed by atoms with Gasteiger partial charge in [-0.15, -0.1) is 0 Å². The Labute approximate surface area is 119 Å². The number of ether oxygens (including phenoxy) is 1. The van der Waals surface area contributed by atoms with Crippen LogP contribution in [0.25, 0.3) is 0 Å². The summed E-state index contributed by atoms with van der Waals surface area (Å²) in [4.78, 5) is 10.6. The van der Waals surface area contributed by atoms with E-state index >= 15 is 0 Å². The largest absolute Gasteiger partial charge is 0.497 e. The molecule has 0 saturated carbocycles. The molecule has 1 aromatic carbocycles. The van der Waals surface area contributed by atoms with Crippen LogP contribution < -0.4 is 15.4 Å². The van der Waals surface area contributed by atoms with E-state index < -0.39 is 0 Å². The standard InChI is InChI=1S/C15H20N4O/c1-19(10-12-3-5-14(20-2)6-4-12)15-9-13(7-8-16)17-11-18-15/h3-6,9,11H,7-8,10,16H2,1-2H3. The zero-order valence-corrected chi connectivity index (χ0v) is 11.9. The Hall–Kier alpha value is -2.14. The highest BCUT2D eigenvalue weighted by Gasteiger charge is 2.05. The number of anilines is 1. The molecular formula is C15H20N4O. The van der Waals surface area contributed by atoms with Crippen LogP contribution in [0.15, 0.2) is 36.7 Å². The highest BCUT2D eigenvalue weighted by atomic mass is 16.5. The van der Waals surface area contributed by atoms with E-state index in [1.165, 1.54) is 5.56 Å². The van der Waals surface area contributed by atoms with E-state index in [2.05, 4.69) is 27.0 Å². The Morgan fingerprint density at radius 1 is 1.20 bits per heavy atom. The summed E-state index contributed by atoms with van der Waals surface area (Å²) >= 11 is 0. The molecule has 2 rings (SSSR count). The zero-order valence-electron chi connectivity index (χ0n) is 11.9. The number of hydrogen-bond donors (Lipinski definition) is 1. The minimum Gasteiger partial charge on any atom is -0.497 e. The Morgan fingerprint density at radius 2 is 1.95 bits per heavy atom. The summed E-state index contributed by atoms with van der Waals surface area (Å²) in [5.41, 5.74) is 7.72. The summed E-state index contributed by atoms with van der Waals surface area (Å²) in [5, 5.41) is 0. The highest BCUT2D eigenvalue weighted by molar-refractivity contribution is 5.39. The van der Waals surface area contributed by atoms with Crippen LogP contribution in [-0.4, -0.2) is 30.7 Å². The lowest BCUT2D eigenvalue weighted by Gasteiger charge is -2.18. The Balaban J connectivity index is 2.06. The van der Waals surface area contributed by atoms with Crippen molar-refractivity contribution in [2.24, 2.45) is 5.73 Å². The monoisotopic (exact) mass is 272 g/mol. The third-order valence-electron chi connectivity index (χ3n) is 3.08. The van der Waals surface area contributed by atoms with E-state index in [1.54, 1.807) is 13.4 Å². The zero-order chi connectivity index (χ0) is 14.4. The van der Waals surface area contributed by atoms with Gasteiger partial charge in [0.15, 0.2) is 0 Å². The molecule has 5 nitrogen and oxygen atoms in total. The third-order valence-corrected chi connectivity index (χ3v) is 3.08. The lowest BCUT2D eigenvalue weighted by molar-refractivity contribution is 0.414. The van der Waals surface area contributed by atoms with Gasteiger partial charge in [-0.25, -0.2) is 9.97 Å². The topological polar surface area (TPSA) is 64.3 Å². The van der Waals surface area contributed by atoms with Gasteiger partial charge in [-0.3, -0.25) is 0 Å². The predicted molar refractivity (Wildman–Crippen MR) is 79.9 cm³/mol. The molecule has 1 heterocycles. The van der Waals surface area contributed by atoms with Gasteiger partial charge in [0.2, 0.25) is 0 Å². The van der Waals surface area contributed by atoms with Gasteiger partial charge in [0.05, 0.1) is 7.11 Å². The molecule has 106 valence electrons. The van der Waals surface area contributed by atoms with Crippen LogP contribution in [0.5, 0.6) is 5.75 Å². The van der Waals surface area contributed by atoms with Crippen molar-refractivity contribution < 1.29 is 4.74 Å². The van der Waals surface area contributed by atoms with Gasteiger partial charge in [-0.1, -0.05) is 12.1 Å². The van der Waals surface area contributed by atoms with Crippen molar-refractivity contribution in [1.29, 1.82) is 0 Å². The molecular weight excluding hydrogens is 252 g/mol. The van der Waals surface area contributed by atoms with Gasteiger partial charge in [0.25, 0.3) is 0 Å². The van der Waals surface area contributed by atoms with Crippen molar-refractivity contribution in [3.63, 3.8) is 0 Å². The van der Waals surface area contributed by atoms with E-state index in [1.807, 2.05) is 25.2 Å². The summed E-state index contributed by atoms with van der Waals surface area (Å²) in [5.74, 6) is 1.77. The van der Waals surface area contributed by atoms with E-state index in [0.29, 0.717) is 6.54 Å². The summed E-state index contributed by atoms with van der Waals surface area (Å²) in [6, 6.07) is 10.0. The maximum absolute atomic E-state index is 5.55. The van der Waals surface area contributed by atoms with Gasteiger partial charge in [0.1, 0.15) is 17.9 Å². The van der Waals surface area contributed by atoms with E-state index in [0.717, 1.165) is 30.2 Å². The first-order valence-electron chi connectivity index (χ1n) is 6.58. The SMILES string of the molecule is COc1ccc(CN(C)c2cc(CCN)ncn2)cc1. The Morgan fingerprint density at radius 3 is 2.60 bits per heavy atom. The van der Waals surface area contributed by atoms with Crippen molar-refractivity contribution in [3.05, 3.63) is 47.9 Å². The van der Waals surface area contributed by atoms with Gasteiger partial charge in [0, 0.05) is 31.8 Å². The molecule has 0 spiro atoms. The second-order valence-corrected chi connectivity index (χ2v) is 4.61. The van der Waals surface area contributed by atoms with Gasteiger partial charge >= 0.3 is 0 Å². The smallest absolute Gasteiger partial charge is 0.132 e. The first-order chi connectivity index (χ1) is 9.72. The molecule has 1 aromatic heterocycles. The number of nitrogens with two attached hydrogens (primary N) is 1. The van der Waals surface area contributed by atoms with Crippen LogP contribution in [-0.2, 0) is 13.0 Å². The van der Waals surface area contributed by atoms with Gasteiger partial charge in [-0.2, -0.15) is 0 Å². The first-order valence-corrected chi connectivity index (χ1v) is 6.58. The number of hydrogen-bond acceptors (Lipinski definition) is 5. The maximum Gasteiger partial charge on any atom is 0.132 e. The number of methoxy groups -OCH3 is 1. The van der Waals surface area contributed by atoms with Crippen LogP contribution in [0, 0.1) is 0 Å². The van der Waals surface area contributed by atoms with Crippen LogP contribution >= 0.6 is 0 Å². The van der Waals surface area contributed by atoms with Crippen molar-refractivity contribution in [2.45, 2.75) is 13.0 Å². The molecule has 0 aliphatic carbocycles. The summed E-state index contributed by atoms with van der Waals surface area (Å²) in [7, 11) is 3.68. The summed E-state index contributed by atoms with van der Waals surface area (Å²) < 4.78 is 5.16. The fourth-order valence-electron chi connectivity index (χ4n) is 1.96. The molecule has 0 aliphatic rings. The van der Waals surface area contributed by atoms with Crippen molar-refractivity contribution in [2.75, 3.05) is 25.6 Å². The quantitative estimate of drug-likeness (QED) is 0.865. The van der Waals surface area contributed by atoms with E-state index in [-0.39, 0.29) is 0 Å². The van der Waals surface area contributed by atoms with Crippen molar-refractivity contribution in [1.82, 2.24) is 9.97 Å². The molecule has 0 saturated heterocycles. The van der Waals surface area contributed by atoms with Crippen LogP contribution in [0.2, 0.25) is 0 Å². The van der Waals surface area contributed by atoms with Gasteiger partial charge in [-0.05, 0) is 24.2 Å². The summed E-state index contributed by atoms with van der Waals surface area (Å²) in [6.45, 7) is 1.38. The van der Waals surface area contributed by atoms with E-state index in [4.69, 9.17) is 10.5 Å². The molecule has 0 bridgehead atoms. The minimum atomic E-state index is 0.596. The molecule has 0 atom stereocenters. The third kappa shape index (κ3) is 3.68. The predicted octanol–water partition coefficient (Wildman–Crippen LogP) is 1.62. The fraction of sp³-hybridized carbons (Fsp3) is 0.333. The van der Waals surface area contributed by atoms with Crippen LogP contribution in [0.3, 0.4) is 0 Å². The number of rotatable bonds is 6. The Kier molecular flexibility index (Phi) is 4.90. The molecule has 2 N–H and O–H groups in total. The second kappa shape index (κ2) is 6.86. The molecule has 2 aromatic rings. The lowest BCUT2D eigenvalue weighted by Crippen LogP contribution is -2.18. The average Bonchev–Trinajstić information content (AvgIpc) is 2.48. The van der Waals surface area contributed by atoms with Crippen molar-refractivity contribution in [3.8, 4) is 5.75 Å². The van der Waals surface area contributed by atoms with Crippen molar-refractivity contribution >= 4 is 5.82 Å². The van der Waals surface area contributed by atoms with Crippen LogP contribution in [0.1, 0.15) is 11.3 Å². The highest BCUT2D eigenvalue weighted by Crippen LogP contribution is 2.16. The number of nitrogens with zero attached hydrogens (tertiary/aromatic N) is 3. The molecule has 0 unspecified atom stereocenters. The summed E-state index contributed by atoms with van der Waals surface area (Å²) in [6.07, 6.45) is 2.36. The second-order valence-electron chi connectivity index (χ2n) is 4.61. The first kappa shape index (κ1) is 14.3. The molecule has 0 radical (unpaired) electrons. The van der Waals surface area contributed by atoms with Gasteiger partial charge < -0.3 is 15.4 Å². The molecule has 0 amide bonds. The number of benzene rings is 1. The lowest BCUT2D eigenvalue weighted by atomic mass is 10.2. The normalized spacial score (nSPS) is 10.3. The molecule has 0 fully saturated rings. The number of aromatic nitrogens is 2. The Bertz CT molecular complexity index is 542. The molecule has 0 aliphatic heterocycles. The fourth-order valence-corrected chi connectivity index (χ4v) is 1.96. The molecule has 20 heavy (non-hydrogen) atoms.